The number of para-hydroxylation sites is 3. The molecule has 0 amide bonds. The second-order valence-electron chi connectivity index (χ2n) is 19.7. The van der Waals surface area contributed by atoms with Crippen molar-refractivity contribution >= 4 is 82.1 Å². The Morgan fingerprint density at radius 2 is 1.09 bits per heavy atom. The number of nitrogens with zero attached hydrogens (tertiary/aromatic N) is 4. The molecule has 0 unspecified atom stereocenters. The predicted molar refractivity (Wildman–Crippen MR) is 289 cm³/mol. The first-order valence-corrected chi connectivity index (χ1v) is 24.2. The molecule has 69 heavy (non-hydrogen) atoms. The van der Waals surface area contributed by atoms with Crippen molar-refractivity contribution in [3.8, 4) is 45.0 Å². The zero-order valence-electron chi connectivity index (χ0n) is 38.3. The van der Waals surface area contributed by atoms with Gasteiger partial charge >= 0.3 is 0 Å². The number of rotatable bonds is 4. The van der Waals surface area contributed by atoms with Gasteiger partial charge in [0, 0.05) is 49.5 Å². The zero-order chi connectivity index (χ0) is 45.5. The fraction of sp³-hybridized carbons (Fsp3) is 0.0769. The Bertz CT molecular complexity index is 4410. The summed E-state index contributed by atoms with van der Waals surface area (Å²) in [7, 11) is 0. The third-order valence-corrected chi connectivity index (χ3v) is 15.5. The van der Waals surface area contributed by atoms with Crippen LogP contribution < -0.4 is 0 Å². The Kier molecular flexibility index (Phi) is 7.93. The molecule has 0 fully saturated rings. The van der Waals surface area contributed by atoms with Gasteiger partial charge in [0.05, 0.1) is 44.7 Å². The standard InChI is InChI=1S/C65H44N4/c1-65(2)54-22-10-7-19-48(54)49-30-28-43(35-55(49)65)63-64(67-57-24-12-11-23-56(57)66-63)45-31-42-17-5-6-18-47(42)60(38-45)69-59-26-14-9-21-51(59)53-34-41-27-29-46(32-44(41)37-62(53)69)68-58-25-13-8-20-50(58)52-33-39-15-3-4-16-40(39)36-61(52)68/h3-8,10-20,22-38H,9,21H2,1-2H3. The molecule has 3 aromatic heterocycles. The smallest absolute Gasteiger partial charge is 0.0974 e. The molecule has 2 aliphatic carbocycles. The van der Waals surface area contributed by atoms with Gasteiger partial charge in [0.25, 0.3) is 0 Å². The molecule has 15 rings (SSSR count). The van der Waals surface area contributed by atoms with E-state index in [0.717, 1.165) is 63.2 Å². The fourth-order valence-electron chi connectivity index (χ4n) is 12.2. The topological polar surface area (TPSA) is 35.6 Å². The van der Waals surface area contributed by atoms with E-state index in [1.807, 2.05) is 0 Å². The lowest BCUT2D eigenvalue weighted by Crippen LogP contribution is -2.15. The number of aryl methyl sites for hydroxylation is 1. The third kappa shape index (κ3) is 5.57. The molecule has 4 heteroatoms. The predicted octanol–water partition coefficient (Wildman–Crippen LogP) is 16.7. The van der Waals surface area contributed by atoms with Crippen LogP contribution in [0.3, 0.4) is 0 Å². The van der Waals surface area contributed by atoms with Crippen molar-refractivity contribution in [3.63, 3.8) is 0 Å². The van der Waals surface area contributed by atoms with Crippen LogP contribution in [-0.4, -0.2) is 19.1 Å². The summed E-state index contributed by atoms with van der Waals surface area (Å²) in [5.41, 5.74) is 19.4. The quantitative estimate of drug-likeness (QED) is 0.177. The Balaban J connectivity index is 0.962. The average molecular weight is 881 g/mol. The summed E-state index contributed by atoms with van der Waals surface area (Å²) in [5.74, 6) is 0. The fourth-order valence-corrected chi connectivity index (χ4v) is 12.2. The van der Waals surface area contributed by atoms with E-state index in [2.05, 4.69) is 229 Å². The van der Waals surface area contributed by atoms with E-state index >= 15 is 0 Å². The Labute approximate surface area is 399 Å². The lowest BCUT2D eigenvalue weighted by Gasteiger charge is -2.22. The largest absolute Gasteiger partial charge is 0.309 e. The number of aromatic nitrogens is 4. The highest BCUT2D eigenvalue weighted by Crippen LogP contribution is 2.50. The van der Waals surface area contributed by atoms with Crippen LogP contribution in [-0.2, 0) is 11.8 Å². The molecule has 324 valence electrons. The van der Waals surface area contributed by atoms with E-state index < -0.39 is 0 Å². The molecule has 2 aliphatic rings. The van der Waals surface area contributed by atoms with Gasteiger partial charge in [-0.3, -0.25) is 0 Å². The second-order valence-corrected chi connectivity index (χ2v) is 19.7. The normalized spacial score (nSPS) is 13.9. The molecule has 13 aromatic rings. The monoisotopic (exact) mass is 880 g/mol. The molecule has 3 heterocycles. The van der Waals surface area contributed by atoms with Crippen LogP contribution in [0, 0.1) is 0 Å². The first-order chi connectivity index (χ1) is 33.9. The van der Waals surface area contributed by atoms with Gasteiger partial charge in [0.15, 0.2) is 0 Å². The highest BCUT2D eigenvalue weighted by atomic mass is 15.0. The van der Waals surface area contributed by atoms with Crippen LogP contribution in [0.15, 0.2) is 200 Å². The molecular weight excluding hydrogens is 837 g/mol. The van der Waals surface area contributed by atoms with Crippen molar-refractivity contribution < 1.29 is 0 Å². The molecule has 0 saturated heterocycles. The van der Waals surface area contributed by atoms with Crippen LogP contribution in [0.1, 0.15) is 42.7 Å². The van der Waals surface area contributed by atoms with E-state index in [0.29, 0.717) is 0 Å². The van der Waals surface area contributed by atoms with Crippen molar-refractivity contribution in [2.45, 2.75) is 32.1 Å². The molecule has 0 bridgehead atoms. The summed E-state index contributed by atoms with van der Waals surface area (Å²) in [6.45, 7) is 4.69. The van der Waals surface area contributed by atoms with E-state index in [9.17, 15) is 0 Å². The van der Waals surface area contributed by atoms with Gasteiger partial charge in [-0.2, -0.15) is 0 Å². The number of allylic oxidation sites excluding steroid dienone is 1. The third-order valence-electron chi connectivity index (χ3n) is 15.5. The van der Waals surface area contributed by atoms with Gasteiger partial charge in [0.2, 0.25) is 0 Å². The molecule has 0 N–H and O–H groups in total. The highest BCUT2D eigenvalue weighted by molar-refractivity contribution is 6.14. The van der Waals surface area contributed by atoms with Crippen LogP contribution in [0.25, 0.3) is 127 Å². The molecule has 0 spiro atoms. The molecule has 4 nitrogen and oxygen atoms in total. The van der Waals surface area contributed by atoms with Gasteiger partial charge in [-0.05, 0) is 146 Å². The molecule has 10 aromatic carbocycles. The lowest BCUT2D eigenvalue weighted by molar-refractivity contribution is 0.660. The number of benzene rings is 10. The van der Waals surface area contributed by atoms with E-state index in [1.165, 1.54) is 93.2 Å². The summed E-state index contributed by atoms with van der Waals surface area (Å²) < 4.78 is 4.99. The van der Waals surface area contributed by atoms with Crippen LogP contribution in [0.4, 0.5) is 0 Å². The zero-order valence-corrected chi connectivity index (χ0v) is 38.3. The van der Waals surface area contributed by atoms with Gasteiger partial charge in [-0.1, -0.05) is 141 Å². The minimum absolute atomic E-state index is 0.145. The Hall–Kier alpha value is -8.60. The van der Waals surface area contributed by atoms with Crippen LogP contribution in [0.2, 0.25) is 0 Å². The molecule has 0 aliphatic heterocycles. The number of hydrogen-bond acceptors (Lipinski definition) is 2. The SMILES string of the molecule is CC1(C)c2ccccc2-c2ccc(-c3nc4ccccc4nc3-c3cc(-n4c5c(c6cc7ccc(-n8c9ccccc9c9cc%10ccccc%10cc98)cc7cc64)CCC=C5)c4ccccc4c3)cc21. The van der Waals surface area contributed by atoms with Crippen molar-refractivity contribution in [1.82, 2.24) is 19.1 Å². The first kappa shape index (κ1) is 38.5. The Morgan fingerprint density at radius 1 is 0.435 bits per heavy atom. The second kappa shape index (κ2) is 14.2. The van der Waals surface area contributed by atoms with E-state index in [4.69, 9.17) is 9.97 Å². The molecule has 0 saturated carbocycles. The first-order valence-electron chi connectivity index (χ1n) is 24.2. The molecule has 0 atom stereocenters. The van der Waals surface area contributed by atoms with E-state index in [1.54, 1.807) is 0 Å². The van der Waals surface area contributed by atoms with Gasteiger partial charge in [-0.25, -0.2) is 9.97 Å². The summed E-state index contributed by atoms with van der Waals surface area (Å²) in [5, 5.41) is 11.1. The van der Waals surface area contributed by atoms with Crippen LogP contribution in [0.5, 0.6) is 0 Å². The highest BCUT2D eigenvalue weighted by Gasteiger charge is 2.35. The Morgan fingerprint density at radius 3 is 1.94 bits per heavy atom. The number of hydrogen-bond donors (Lipinski definition) is 0. The van der Waals surface area contributed by atoms with Crippen molar-refractivity contribution in [3.05, 3.63) is 223 Å². The minimum Gasteiger partial charge on any atom is -0.309 e. The van der Waals surface area contributed by atoms with E-state index in [-0.39, 0.29) is 5.41 Å². The molecular formula is C65H44N4. The van der Waals surface area contributed by atoms with Crippen molar-refractivity contribution in [2.24, 2.45) is 0 Å². The lowest BCUT2D eigenvalue weighted by atomic mass is 9.81. The summed E-state index contributed by atoms with van der Waals surface area (Å²) in [6, 6.07) is 71.7. The van der Waals surface area contributed by atoms with Crippen LogP contribution >= 0.6 is 0 Å². The maximum absolute atomic E-state index is 5.52. The van der Waals surface area contributed by atoms with Crippen molar-refractivity contribution in [2.75, 3.05) is 0 Å². The summed E-state index contributed by atoms with van der Waals surface area (Å²) >= 11 is 0. The van der Waals surface area contributed by atoms with Gasteiger partial charge in [0.1, 0.15) is 0 Å². The summed E-state index contributed by atoms with van der Waals surface area (Å²) in [4.78, 5) is 11.0. The number of fused-ring (bicyclic) bond motifs is 13. The minimum atomic E-state index is -0.145. The summed E-state index contributed by atoms with van der Waals surface area (Å²) in [6.07, 6.45) is 6.70. The average Bonchev–Trinajstić information content (AvgIpc) is 3.97. The van der Waals surface area contributed by atoms with Gasteiger partial charge < -0.3 is 9.13 Å². The maximum atomic E-state index is 5.52. The molecule has 0 radical (unpaired) electrons. The van der Waals surface area contributed by atoms with Crippen molar-refractivity contribution in [1.29, 1.82) is 0 Å². The maximum Gasteiger partial charge on any atom is 0.0974 e. The van der Waals surface area contributed by atoms with Gasteiger partial charge in [-0.15, -0.1) is 0 Å².